The van der Waals surface area contributed by atoms with Gasteiger partial charge in [-0.05, 0) is 37.1 Å². The van der Waals surface area contributed by atoms with E-state index in [4.69, 9.17) is 9.94 Å². The van der Waals surface area contributed by atoms with Crippen molar-refractivity contribution in [2.24, 2.45) is 5.41 Å². The van der Waals surface area contributed by atoms with Gasteiger partial charge in [-0.15, -0.1) is 0 Å². The van der Waals surface area contributed by atoms with Gasteiger partial charge in [-0.3, -0.25) is 19.5 Å². The first-order valence-corrected chi connectivity index (χ1v) is 14.0. The normalized spacial score (nSPS) is 19.9. The maximum atomic E-state index is 12.8. The summed E-state index contributed by atoms with van der Waals surface area (Å²) < 4.78 is 29.3. The van der Waals surface area contributed by atoms with Gasteiger partial charge in [0, 0.05) is 60.9 Å². The number of nitrogens with one attached hydrogen (secondary N) is 1. The fraction of sp³-hybridized carbons (Fsp3) is 0.462. The van der Waals surface area contributed by atoms with Crippen LogP contribution in [0.2, 0.25) is 0 Å². The lowest BCUT2D eigenvalue weighted by Crippen LogP contribution is -2.65. The van der Waals surface area contributed by atoms with E-state index in [-0.39, 0.29) is 25.5 Å². The van der Waals surface area contributed by atoms with Gasteiger partial charge >= 0.3 is 6.03 Å². The summed E-state index contributed by atoms with van der Waals surface area (Å²) in [5, 5.41) is 8.97. The molecule has 0 unspecified atom stereocenters. The molecule has 4 heterocycles. The van der Waals surface area contributed by atoms with Gasteiger partial charge in [-0.1, -0.05) is 24.0 Å². The lowest BCUT2D eigenvalue weighted by molar-refractivity contribution is -0.191. The molecule has 2 aromatic rings. The Hall–Kier alpha value is -3.17. The van der Waals surface area contributed by atoms with E-state index in [9.17, 15) is 18.0 Å². The van der Waals surface area contributed by atoms with Gasteiger partial charge in [0.1, 0.15) is 0 Å². The summed E-state index contributed by atoms with van der Waals surface area (Å²) in [7, 11) is -3.83. The quantitative estimate of drug-likeness (QED) is 0.316. The number of sulfone groups is 1. The maximum Gasteiger partial charge on any atom is 0.328 e. The highest BCUT2D eigenvalue weighted by molar-refractivity contribution is 7.92. The van der Waals surface area contributed by atoms with Crippen LogP contribution < -0.4 is 5.48 Å². The summed E-state index contributed by atoms with van der Waals surface area (Å²) in [5.74, 6) is 5.23. The van der Waals surface area contributed by atoms with Crippen molar-refractivity contribution in [3.8, 4) is 11.8 Å². The zero-order chi connectivity index (χ0) is 26.4. The average Bonchev–Trinajstić information content (AvgIpc) is 3.34. The van der Waals surface area contributed by atoms with Gasteiger partial charge in [-0.2, -0.15) is 0 Å². The third-order valence-electron chi connectivity index (χ3n) is 7.63. The highest BCUT2D eigenvalue weighted by Crippen LogP contribution is 2.38. The average molecular weight is 527 g/mol. The Morgan fingerprint density at radius 2 is 1.86 bits per heavy atom. The smallest absolute Gasteiger partial charge is 0.328 e. The van der Waals surface area contributed by atoms with Crippen molar-refractivity contribution in [3.05, 3.63) is 58.9 Å². The lowest BCUT2D eigenvalue weighted by Gasteiger charge is -2.55. The van der Waals surface area contributed by atoms with Crippen LogP contribution in [0.15, 0.2) is 36.5 Å². The largest absolute Gasteiger partial charge is 0.380 e. The number of fused-ring (bicyclic) bond motifs is 1. The number of carbonyl (C=O) groups excluding carboxylic acids is 2. The molecule has 0 radical (unpaired) electrons. The van der Waals surface area contributed by atoms with Crippen molar-refractivity contribution in [1.82, 2.24) is 19.8 Å². The number of nitrogens with zero attached hydrogens (tertiary/aromatic N) is 3. The summed E-state index contributed by atoms with van der Waals surface area (Å²) in [4.78, 5) is 28.8. The highest BCUT2D eigenvalue weighted by Gasteiger charge is 2.48. The van der Waals surface area contributed by atoms with Gasteiger partial charge in [0.05, 0.1) is 19.8 Å². The first-order valence-electron chi connectivity index (χ1n) is 12.1. The molecule has 3 aliphatic rings. The highest BCUT2D eigenvalue weighted by atomic mass is 32.2. The van der Waals surface area contributed by atoms with Crippen LogP contribution >= 0.6 is 0 Å². The molecule has 1 spiro atoms. The number of aromatic nitrogens is 1. The van der Waals surface area contributed by atoms with E-state index in [0.29, 0.717) is 11.0 Å². The monoisotopic (exact) mass is 526 g/mol. The molecule has 0 bridgehead atoms. The van der Waals surface area contributed by atoms with Crippen molar-refractivity contribution in [3.63, 3.8) is 0 Å². The Balaban J connectivity index is 1.17. The molecule has 1 aromatic carbocycles. The zero-order valence-electron chi connectivity index (χ0n) is 20.9. The summed E-state index contributed by atoms with van der Waals surface area (Å²) in [6.45, 7) is 6.44. The van der Waals surface area contributed by atoms with E-state index in [0.717, 1.165) is 50.4 Å². The molecule has 0 saturated carbocycles. The number of hydroxylamine groups is 1. The van der Waals surface area contributed by atoms with Gasteiger partial charge in [0.25, 0.3) is 5.91 Å². The Bertz CT molecular complexity index is 1390. The van der Waals surface area contributed by atoms with Crippen LogP contribution in [0.5, 0.6) is 0 Å². The molecule has 11 heteroatoms. The first kappa shape index (κ1) is 25.5. The minimum atomic E-state index is -3.83. The number of ether oxygens (including phenoxy) is 1. The lowest BCUT2D eigenvalue weighted by atomic mass is 9.78. The molecule has 5 rings (SSSR count). The number of hydrogen-bond donors (Lipinski definition) is 2. The van der Waals surface area contributed by atoms with Crippen molar-refractivity contribution < 1.29 is 28.0 Å². The van der Waals surface area contributed by atoms with Crippen molar-refractivity contribution in [2.75, 3.05) is 39.1 Å². The molecule has 2 N–H and O–H groups in total. The van der Waals surface area contributed by atoms with Crippen LogP contribution in [0.25, 0.3) is 0 Å². The molecule has 10 nitrogen and oxygen atoms in total. The molecule has 37 heavy (non-hydrogen) atoms. The van der Waals surface area contributed by atoms with Gasteiger partial charge in [0.15, 0.2) is 14.6 Å². The standard InChI is InChI=1S/C26H30N4O6S/c1-25(23(31)27-33,37(2,34)35)9-10-29-14-22-11-21(13-30(22)24(29)32)8-5-19-3-6-20(7-4-19)12-28-15-26(16-28)17-36-18-26/h3-4,6-7,11,13,33H,9-10,12,14-18H2,1-2H3,(H,27,31)/t25-/m1/s1. The molecular formula is C26H30N4O6S. The number of hydrogen-bond acceptors (Lipinski definition) is 7. The number of rotatable bonds is 7. The minimum Gasteiger partial charge on any atom is -0.380 e. The fourth-order valence-corrected chi connectivity index (χ4v) is 5.93. The molecule has 3 aliphatic heterocycles. The van der Waals surface area contributed by atoms with Crippen molar-refractivity contribution in [2.45, 2.75) is 31.2 Å². The number of carbonyl (C=O) groups is 2. The van der Waals surface area contributed by atoms with Crippen molar-refractivity contribution >= 4 is 21.8 Å². The van der Waals surface area contributed by atoms with Crippen LogP contribution in [0.4, 0.5) is 4.79 Å². The number of amides is 2. The second-order valence-corrected chi connectivity index (χ2v) is 13.0. The predicted molar refractivity (Wildman–Crippen MR) is 134 cm³/mol. The van der Waals surface area contributed by atoms with Crippen LogP contribution in [0, 0.1) is 17.3 Å². The topological polar surface area (TPSA) is 121 Å². The summed E-state index contributed by atoms with van der Waals surface area (Å²) >= 11 is 0. The van der Waals surface area contributed by atoms with Gasteiger partial charge < -0.3 is 9.64 Å². The zero-order valence-corrected chi connectivity index (χ0v) is 21.7. The SMILES string of the molecule is C[C@@](CCN1Cc2cc(C#Cc3ccc(CN4CC5(COC5)C4)cc3)cn2C1=O)(C(=O)NO)S(C)(=O)=O. The van der Waals surface area contributed by atoms with Gasteiger partial charge in [0.2, 0.25) is 0 Å². The third-order valence-corrected chi connectivity index (χ3v) is 9.66. The Morgan fingerprint density at radius 3 is 2.43 bits per heavy atom. The number of likely N-dealkylation sites (tertiary alicyclic amines) is 1. The van der Waals surface area contributed by atoms with E-state index < -0.39 is 20.5 Å². The molecule has 2 saturated heterocycles. The van der Waals surface area contributed by atoms with Crippen LogP contribution in [0.1, 0.15) is 35.7 Å². The molecule has 196 valence electrons. The first-order chi connectivity index (χ1) is 17.5. The van der Waals surface area contributed by atoms with Crippen LogP contribution in [-0.2, 0) is 32.5 Å². The molecule has 0 aliphatic carbocycles. The molecule has 1 aromatic heterocycles. The second-order valence-electron chi connectivity index (χ2n) is 10.6. The number of benzene rings is 1. The summed E-state index contributed by atoms with van der Waals surface area (Å²) in [5.41, 5.74) is 5.41. The molecule has 2 amide bonds. The Labute approximate surface area is 216 Å². The summed E-state index contributed by atoms with van der Waals surface area (Å²) in [6, 6.07) is 9.71. The Kier molecular flexibility index (Phi) is 6.40. The van der Waals surface area contributed by atoms with E-state index in [1.807, 2.05) is 18.2 Å². The second kappa shape index (κ2) is 9.29. The molecular weight excluding hydrogens is 496 g/mol. The van der Waals surface area contributed by atoms with Gasteiger partial charge in [-0.25, -0.2) is 18.7 Å². The van der Waals surface area contributed by atoms with Crippen molar-refractivity contribution in [1.29, 1.82) is 0 Å². The van der Waals surface area contributed by atoms with E-state index in [1.165, 1.54) is 27.4 Å². The fourth-order valence-electron chi connectivity index (χ4n) is 5.08. The predicted octanol–water partition coefficient (Wildman–Crippen LogP) is 1.20. The summed E-state index contributed by atoms with van der Waals surface area (Å²) in [6.07, 6.45) is 2.45. The van der Waals surface area contributed by atoms with Crippen LogP contribution in [0.3, 0.4) is 0 Å². The van der Waals surface area contributed by atoms with E-state index in [2.05, 4.69) is 28.9 Å². The molecule has 1 atom stereocenters. The third kappa shape index (κ3) is 4.78. The van der Waals surface area contributed by atoms with E-state index in [1.54, 1.807) is 6.20 Å². The maximum absolute atomic E-state index is 12.8. The Morgan fingerprint density at radius 1 is 1.19 bits per heavy atom. The minimum absolute atomic E-state index is 0.0387. The molecule has 2 fully saturated rings. The van der Waals surface area contributed by atoms with E-state index >= 15 is 0 Å². The van der Waals surface area contributed by atoms with Crippen LogP contribution in [-0.4, -0.2) is 83.8 Å².